The minimum atomic E-state index is -0.772. The summed E-state index contributed by atoms with van der Waals surface area (Å²) < 4.78 is 16.8. The normalized spacial score (nSPS) is 12.2. The van der Waals surface area contributed by atoms with Gasteiger partial charge in [-0.1, -0.05) is 224 Å². The summed E-state index contributed by atoms with van der Waals surface area (Å²) in [6, 6.07) is 0. The van der Waals surface area contributed by atoms with E-state index in [1.165, 1.54) is 161 Å². The molecular weight excluding hydrogens is 757 g/mol. The molecule has 0 radical (unpaired) electrons. The van der Waals surface area contributed by atoms with Gasteiger partial charge in [0.15, 0.2) is 6.10 Å². The first kappa shape index (κ1) is 58.6. The molecule has 0 aromatic rings. The lowest BCUT2D eigenvalue weighted by Crippen LogP contribution is -2.30. The maximum atomic E-state index is 12.8. The van der Waals surface area contributed by atoms with E-state index in [4.69, 9.17) is 14.2 Å². The molecule has 0 amide bonds. The quantitative estimate of drug-likeness (QED) is 0.0262. The van der Waals surface area contributed by atoms with E-state index >= 15 is 0 Å². The zero-order valence-electron chi connectivity index (χ0n) is 40.7. The number of carbonyl (C=O) groups is 3. The Hall–Kier alpha value is -2.37. The average Bonchev–Trinajstić information content (AvgIpc) is 3.26. The van der Waals surface area contributed by atoms with Gasteiger partial charge in [0.2, 0.25) is 0 Å². The van der Waals surface area contributed by atoms with Crippen molar-refractivity contribution in [2.45, 2.75) is 284 Å². The Balaban J connectivity index is 4.25. The van der Waals surface area contributed by atoms with E-state index in [1.807, 2.05) is 0 Å². The number of hydrogen-bond donors (Lipinski definition) is 0. The first-order chi connectivity index (χ1) is 30.0. The van der Waals surface area contributed by atoms with Crippen LogP contribution in [0.3, 0.4) is 0 Å². The Bertz CT molecular complexity index is 1030. The van der Waals surface area contributed by atoms with Crippen LogP contribution in [-0.2, 0) is 28.6 Å². The van der Waals surface area contributed by atoms with Crippen LogP contribution in [0.2, 0.25) is 0 Å². The van der Waals surface area contributed by atoms with Gasteiger partial charge in [0.05, 0.1) is 0 Å². The second-order valence-corrected chi connectivity index (χ2v) is 17.8. The summed E-state index contributed by atoms with van der Waals surface area (Å²) in [7, 11) is 0. The van der Waals surface area contributed by atoms with E-state index in [9.17, 15) is 14.4 Å². The van der Waals surface area contributed by atoms with Gasteiger partial charge in [-0.2, -0.15) is 0 Å². The molecule has 61 heavy (non-hydrogen) atoms. The van der Waals surface area contributed by atoms with E-state index in [1.54, 1.807) is 0 Å². The van der Waals surface area contributed by atoms with Gasteiger partial charge in [0.25, 0.3) is 0 Å². The fourth-order valence-electron chi connectivity index (χ4n) is 7.59. The highest BCUT2D eigenvalue weighted by molar-refractivity contribution is 5.71. The molecule has 1 atom stereocenters. The number of ether oxygens (including phenoxy) is 3. The van der Waals surface area contributed by atoms with Crippen LogP contribution < -0.4 is 0 Å². The number of hydrogen-bond acceptors (Lipinski definition) is 6. The van der Waals surface area contributed by atoms with Crippen LogP contribution in [-0.4, -0.2) is 37.2 Å². The van der Waals surface area contributed by atoms with Gasteiger partial charge in [-0.15, -0.1) is 0 Å². The van der Waals surface area contributed by atoms with Crippen molar-refractivity contribution in [2.75, 3.05) is 13.2 Å². The predicted octanol–water partition coefficient (Wildman–Crippen LogP) is 17.3. The number of rotatable bonds is 48. The van der Waals surface area contributed by atoms with Crippen molar-refractivity contribution in [3.63, 3.8) is 0 Å². The molecule has 0 N–H and O–H groups in total. The Labute approximate surface area is 378 Å². The summed E-state index contributed by atoms with van der Waals surface area (Å²) >= 11 is 0. The number of unbranched alkanes of at least 4 members (excludes halogenated alkanes) is 31. The molecule has 0 aliphatic rings. The number of esters is 3. The maximum absolute atomic E-state index is 12.8. The zero-order chi connectivity index (χ0) is 44.4. The Morgan fingerprint density at radius 2 is 0.623 bits per heavy atom. The highest BCUT2D eigenvalue weighted by Gasteiger charge is 2.19. The predicted molar refractivity (Wildman–Crippen MR) is 261 cm³/mol. The summed E-state index contributed by atoms with van der Waals surface area (Å²) in [5.41, 5.74) is 0. The molecule has 6 heteroatoms. The molecule has 6 nitrogen and oxygen atoms in total. The van der Waals surface area contributed by atoms with Crippen molar-refractivity contribution >= 4 is 17.9 Å². The first-order valence-electron chi connectivity index (χ1n) is 26.5. The Morgan fingerprint density at radius 1 is 0.328 bits per heavy atom. The fourth-order valence-corrected chi connectivity index (χ4v) is 7.59. The van der Waals surface area contributed by atoms with Crippen LogP contribution in [0.15, 0.2) is 36.5 Å². The lowest BCUT2D eigenvalue weighted by Gasteiger charge is -2.18. The van der Waals surface area contributed by atoms with Crippen LogP contribution in [0, 0.1) is 0 Å². The molecule has 0 aromatic heterocycles. The van der Waals surface area contributed by atoms with Crippen molar-refractivity contribution in [3.05, 3.63) is 36.5 Å². The van der Waals surface area contributed by atoms with E-state index < -0.39 is 6.10 Å². The van der Waals surface area contributed by atoms with Gasteiger partial charge in [-0.05, 0) is 70.6 Å². The van der Waals surface area contributed by atoms with Crippen molar-refractivity contribution in [2.24, 2.45) is 0 Å². The molecule has 0 aliphatic carbocycles. The van der Waals surface area contributed by atoms with Gasteiger partial charge in [0, 0.05) is 19.3 Å². The van der Waals surface area contributed by atoms with Crippen LogP contribution in [0.4, 0.5) is 0 Å². The van der Waals surface area contributed by atoms with Gasteiger partial charge in [-0.3, -0.25) is 14.4 Å². The third-order valence-electron chi connectivity index (χ3n) is 11.6. The largest absolute Gasteiger partial charge is 0.462 e. The second kappa shape index (κ2) is 50.3. The minimum Gasteiger partial charge on any atom is -0.462 e. The molecule has 1 unspecified atom stereocenters. The minimum absolute atomic E-state index is 0.0743. The fraction of sp³-hybridized carbons (Fsp3) is 0.836. The van der Waals surface area contributed by atoms with Crippen LogP contribution in [0.25, 0.3) is 0 Å². The lowest BCUT2D eigenvalue weighted by molar-refractivity contribution is -0.167. The number of allylic oxidation sites excluding steroid dienone is 6. The summed E-state index contributed by atoms with van der Waals surface area (Å²) in [5.74, 6) is -0.880. The van der Waals surface area contributed by atoms with E-state index in [2.05, 4.69) is 57.2 Å². The molecule has 0 spiro atoms. The zero-order valence-corrected chi connectivity index (χ0v) is 40.7. The van der Waals surface area contributed by atoms with E-state index in [0.717, 1.165) is 77.0 Å². The monoisotopic (exact) mass is 857 g/mol. The van der Waals surface area contributed by atoms with Crippen LogP contribution in [0.5, 0.6) is 0 Å². The molecule has 356 valence electrons. The molecule has 0 saturated carbocycles. The summed E-state index contributed by atoms with van der Waals surface area (Å²) in [6.45, 7) is 6.57. The van der Waals surface area contributed by atoms with Gasteiger partial charge in [-0.25, -0.2) is 0 Å². The molecular formula is C55H100O6. The molecule has 0 rings (SSSR count). The lowest BCUT2D eigenvalue weighted by atomic mass is 10.0. The average molecular weight is 857 g/mol. The second-order valence-electron chi connectivity index (χ2n) is 17.8. The number of carbonyl (C=O) groups excluding carboxylic acids is 3. The van der Waals surface area contributed by atoms with Crippen molar-refractivity contribution in [3.8, 4) is 0 Å². The molecule has 0 bridgehead atoms. The molecule has 0 aliphatic heterocycles. The third kappa shape index (κ3) is 48.5. The van der Waals surface area contributed by atoms with E-state index in [-0.39, 0.29) is 31.1 Å². The molecule has 0 heterocycles. The SMILES string of the molecule is CCC/C=C\CCCCCCCC(=O)OCC(COC(=O)CCCCCCCCCCC/C=C\C/C=C\CCCCCCC)OC(=O)CCCCCCCCCCCCCC. The highest BCUT2D eigenvalue weighted by Crippen LogP contribution is 2.15. The van der Waals surface area contributed by atoms with E-state index in [0.29, 0.717) is 19.3 Å². The van der Waals surface area contributed by atoms with Crippen LogP contribution >= 0.6 is 0 Å². The Morgan fingerprint density at radius 3 is 0.984 bits per heavy atom. The molecule has 0 fully saturated rings. The van der Waals surface area contributed by atoms with Gasteiger partial charge < -0.3 is 14.2 Å². The summed E-state index contributed by atoms with van der Waals surface area (Å²) in [4.78, 5) is 37.9. The van der Waals surface area contributed by atoms with Crippen molar-refractivity contribution in [1.29, 1.82) is 0 Å². The van der Waals surface area contributed by atoms with Crippen LogP contribution in [0.1, 0.15) is 278 Å². The first-order valence-corrected chi connectivity index (χ1v) is 26.5. The highest BCUT2D eigenvalue weighted by atomic mass is 16.6. The topological polar surface area (TPSA) is 78.9 Å². The van der Waals surface area contributed by atoms with Gasteiger partial charge in [0.1, 0.15) is 13.2 Å². The van der Waals surface area contributed by atoms with Gasteiger partial charge >= 0.3 is 17.9 Å². The van der Waals surface area contributed by atoms with Crippen molar-refractivity contribution in [1.82, 2.24) is 0 Å². The third-order valence-corrected chi connectivity index (χ3v) is 11.6. The Kier molecular flexibility index (Phi) is 48.3. The maximum Gasteiger partial charge on any atom is 0.306 e. The summed E-state index contributed by atoms with van der Waals surface area (Å²) in [5, 5.41) is 0. The standard InChI is InChI=1S/C55H100O6/c1-4-7-10-13-16-19-22-24-25-26-27-28-29-30-31-32-34-36-39-42-45-48-54(57)60-51-52(50-59-53(56)47-44-41-38-35-21-18-15-12-9-6-3)61-55(58)49-46-43-40-37-33-23-20-17-14-11-8-5-2/h12,15,22,24,26-27,52H,4-11,13-14,16-21,23,25,28-51H2,1-3H3/b15-12-,24-22-,27-26-. The molecule has 0 aromatic carbocycles. The smallest absolute Gasteiger partial charge is 0.306 e. The summed E-state index contributed by atoms with van der Waals surface area (Å²) in [6.07, 6.45) is 58.5. The van der Waals surface area contributed by atoms with Crippen molar-refractivity contribution < 1.29 is 28.6 Å². The molecule has 0 saturated heterocycles.